The molecule has 1 aliphatic heterocycles. The smallest absolute Gasteiger partial charge is 0.266 e. The van der Waals surface area contributed by atoms with Crippen molar-refractivity contribution in [3.8, 4) is 0 Å². The van der Waals surface area contributed by atoms with Crippen molar-refractivity contribution in [2.75, 3.05) is 4.90 Å². The summed E-state index contributed by atoms with van der Waals surface area (Å²) >= 11 is 0. The Morgan fingerprint density at radius 3 is 2.18 bits per heavy atom. The fourth-order valence-corrected chi connectivity index (χ4v) is 4.68. The zero-order chi connectivity index (χ0) is 23.8. The molecule has 0 spiro atoms. The number of anilines is 1. The molecule has 4 amide bonds. The monoisotopic (exact) mass is 453 g/mol. The quantitative estimate of drug-likeness (QED) is 0.578. The molecule has 0 radical (unpaired) electrons. The fourth-order valence-electron chi connectivity index (χ4n) is 4.68. The minimum absolute atomic E-state index is 0.207. The molecule has 1 unspecified atom stereocenters. The highest BCUT2D eigenvalue weighted by molar-refractivity contribution is 6.34. The van der Waals surface area contributed by atoms with E-state index in [1.54, 1.807) is 42.5 Å². The van der Waals surface area contributed by atoms with Crippen LogP contribution in [0.15, 0.2) is 66.7 Å². The molecule has 1 atom stereocenters. The first kappa shape index (κ1) is 21.6. The van der Waals surface area contributed by atoms with E-state index in [9.17, 15) is 19.2 Å². The van der Waals surface area contributed by atoms with Gasteiger partial charge < -0.3 is 11.1 Å². The number of hydrogen-bond acceptors (Lipinski definition) is 4. The van der Waals surface area contributed by atoms with Gasteiger partial charge in [0.15, 0.2) is 0 Å². The normalized spacial score (nSPS) is 15.5. The van der Waals surface area contributed by atoms with Crippen molar-refractivity contribution in [2.45, 2.75) is 31.7 Å². The van der Waals surface area contributed by atoms with E-state index in [2.05, 4.69) is 5.32 Å². The van der Waals surface area contributed by atoms with Gasteiger partial charge >= 0.3 is 0 Å². The Labute approximate surface area is 196 Å². The molecule has 3 N–H and O–H groups in total. The molecule has 1 aliphatic carbocycles. The SMILES string of the molecule is NC(=O)C(NC(=O)c1cccc(N2C(=O)c3ccccc3C2=O)c1)c1ccc2c(c1)CCCC2. The van der Waals surface area contributed by atoms with Gasteiger partial charge in [0.05, 0.1) is 16.8 Å². The second-order valence-electron chi connectivity index (χ2n) is 8.59. The molecule has 2 aliphatic rings. The van der Waals surface area contributed by atoms with Gasteiger partial charge in [0.1, 0.15) is 6.04 Å². The van der Waals surface area contributed by atoms with Crippen LogP contribution >= 0.6 is 0 Å². The van der Waals surface area contributed by atoms with Crippen LogP contribution in [0.4, 0.5) is 5.69 Å². The molecule has 3 aromatic rings. The average Bonchev–Trinajstić information content (AvgIpc) is 3.12. The molecule has 0 saturated carbocycles. The number of hydrogen-bond donors (Lipinski definition) is 2. The molecule has 7 heteroatoms. The third kappa shape index (κ3) is 3.75. The number of aryl methyl sites for hydroxylation is 2. The van der Waals surface area contributed by atoms with Crippen molar-refractivity contribution >= 4 is 29.3 Å². The summed E-state index contributed by atoms with van der Waals surface area (Å²) < 4.78 is 0. The van der Waals surface area contributed by atoms with Crippen LogP contribution in [0.25, 0.3) is 0 Å². The molecule has 0 saturated heterocycles. The van der Waals surface area contributed by atoms with Crippen molar-refractivity contribution in [2.24, 2.45) is 5.73 Å². The molecular weight excluding hydrogens is 430 g/mol. The summed E-state index contributed by atoms with van der Waals surface area (Å²) in [5.41, 5.74) is 9.84. The molecule has 1 heterocycles. The number of amides is 4. The summed E-state index contributed by atoms with van der Waals surface area (Å²) in [7, 11) is 0. The van der Waals surface area contributed by atoms with Crippen LogP contribution < -0.4 is 16.0 Å². The summed E-state index contributed by atoms with van der Waals surface area (Å²) in [5, 5.41) is 2.71. The molecule has 34 heavy (non-hydrogen) atoms. The van der Waals surface area contributed by atoms with Gasteiger partial charge in [-0.2, -0.15) is 0 Å². The van der Waals surface area contributed by atoms with Crippen LogP contribution in [-0.2, 0) is 17.6 Å². The maximum atomic E-state index is 13.1. The van der Waals surface area contributed by atoms with Crippen LogP contribution in [0.5, 0.6) is 0 Å². The summed E-state index contributed by atoms with van der Waals surface area (Å²) in [6.45, 7) is 0. The predicted molar refractivity (Wildman–Crippen MR) is 127 cm³/mol. The predicted octanol–water partition coefficient (Wildman–Crippen LogP) is 3.32. The first-order valence-electron chi connectivity index (χ1n) is 11.2. The zero-order valence-corrected chi connectivity index (χ0v) is 18.4. The van der Waals surface area contributed by atoms with E-state index >= 15 is 0 Å². The van der Waals surface area contributed by atoms with Gasteiger partial charge in [-0.25, -0.2) is 4.90 Å². The van der Waals surface area contributed by atoms with Crippen LogP contribution in [0.3, 0.4) is 0 Å². The lowest BCUT2D eigenvalue weighted by molar-refractivity contribution is -0.120. The summed E-state index contributed by atoms with van der Waals surface area (Å²) in [4.78, 5) is 52.0. The minimum atomic E-state index is -0.998. The maximum Gasteiger partial charge on any atom is 0.266 e. The molecule has 0 aromatic heterocycles. The number of carbonyl (C=O) groups excluding carboxylic acids is 4. The molecule has 170 valence electrons. The van der Waals surface area contributed by atoms with E-state index in [1.165, 1.54) is 17.2 Å². The fraction of sp³-hybridized carbons (Fsp3) is 0.185. The summed E-state index contributed by atoms with van der Waals surface area (Å²) in [6, 6.07) is 17.6. The van der Waals surface area contributed by atoms with Gasteiger partial charge in [0.25, 0.3) is 17.7 Å². The Kier molecular flexibility index (Phi) is 5.45. The highest BCUT2D eigenvalue weighted by atomic mass is 16.2. The molecule has 5 rings (SSSR count). The van der Waals surface area contributed by atoms with Crippen molar-refractivity contribution in [3.05, 3.63) is 100 Å². The van der Waals surface area contributed by atoms with E-state index in [0.29, 0.717) is 16.7 Å². The highest BCUT2D eigenvalue weighted by Gasteiger charge is 2.36. The largest absolute Gasteiger partial charge is 0.368 e. The van der Waals surface area contributed by atoms with E-state index in [0.717, 1.165) is 30.6 Å². The number of benzene rings is 3. The molecular formula is C27H23N3O4. The van der Waals surface area contributed by atoms with E-state index < -0.39 is 29.7 Å². The Bertz CT molecular complexity index is 1310. The van der Waals surface area contributed by atoms with Crippen molar-refractivity contribution in [1.29, 1.82) is 0 Å². The second kappa shape index (κ2) is 8.59. The first-order chi connectivity index (χ1) is 16.4. The number of fused-ring (bicyclic) bond motifs is 2. The topological polar surface area (TPSA) is 110 Å². The van der Waals surface area contributed by atoms with Crippen LogP contribution in [0.2, 0.25) is 0 Å². The lowest BCUT2D eigenvalue weighted by Gasteiger charge is -2.21. The average molecular weight is 453 g/mol. The van der Waals surface area contributed by atoms with Crippen LogP contribution in [0, 0.1) is 0 Å². The molecule has 3 aromatic carbocycles. The van der Waals surface area contributed by atoms with Crippen LogP contribution in [0.1, 0.15) is 66.6 Å². The van der Waals surface area contributed by atoms with E-state index in [-0.39, 0.29) is 11.3 Å². The number of nitrogens with two attached hydrogens (primary N) is 1. The van der Waals surface area contributed by atoms with Gasteiger partial charge in [-0.15, -0.1) is 0 Å². The van der Waals surface area contributed by atoms with Gasteiger partial charge in [0.2, 0.25) is 5.91 Å². The van der Waals surface area contributed by atoms with Gasteiger partial charge in [0, 0.05) is 5.56 Å². The van der Waals surface area contributed by atoms with Crippen molar-refractivity contribution in [3.63, 3.8) is 0 Å². The standard InChI is InChI=1S/C27H23N3O4/c28-24(31)23(18-13-12-16-6-1-2-7-17(16)14-18)29-25(32)19-8-5-9-20(15-19)30-26(33)21-10-3-4-11-22(21)27(30)34/h3-5,8-15,23H,1-2,6-7H2,(H2,28,31)(H,29,32). The number of primary amides is 1. The Morgan fingerprint density at radius 1 is 0.824 bits per heavy atom. The molecule has 7 nitrogen and oxygen atoms in total. The molecule has 0 fully saturated rings. The van der Waals surface area contributed by atoms with Crippen LogP contribution in [-0.4, -0.2) is 23.6 Å². The number of nitrogens with one attached hydrogen (secondary N) is 1. The summed E-state index contributed by atoms with van der Waals surface area (Å²) in [5.74, 6) is -2.08. The third-order valence-electron chi connectivity index (χ3n) is 6.43. The second-order valence-corrected chi connectivity index (χ2v) is 8.59. The lowest BCUT2D eigenvalue weighted by atomic mass is 9.89. The Morgan fingerprint density at radius 2 is 1.50 bits per heavy atom. The number of rotatable bonds is 5. The minimum Gasteiger partial charge on any atom is -0.368 e. The van der Waals surface area contributed by atoms with E-state index in [4.69, 9.17) is 5.73 Å². The zero-order valence-electron chi connectivity index (χ0n) is 18.4. The Hall–Kier alpha value is -4.26. The van der Waals surface area contributed by atoms with Gasteiger partial charge in [-0.3, -0.25) is 19.2 Å². The number of nitrogens with zero attached hydrogens (tertiary/aromatic N) is 1. The third-order valence-corrected chi connectivity index (χ3v) is 6.43. The maximum absolute atomic E-state index is 13.1. The number of carbonyl (C=O) groups is 4. The Balaban J connectivity index is 1.40. The first-order valence-corrected chi connectivity index (χ1v) is 11.2. The molecule has 0 bridgehead atoms. The van der Waals surface area contributed by atoms with Crippen molar-refractivity contribution < 1.29 is 19.2 Å². The van der Waals surface area contributed by atoms with E-state index in [1.807, 2.05) is 18.2 Å². The summed E-state index contributed by atoms with van der Waals surface area (Å²) in [6.07, 6.45) is 4.18. The number of imide groups is 1. The van der Waals surface area contributed by atoms with Crippen molar-refractivity contribution in [1.82, 2.24) is 5.32 Å². The highest BCUT2D eigenvalue weighted by Crippen LogP contribution is 2.29. The van der Waals surface area contributed by atoms with Gasteiger partial charge in [-0.05, 0) is 72.7 Å². The van der Waals surface area contributed by atoms with Gasteiger partial charge in [-0.1, -0.05) is 36.4 Å². The lowest BCUT2D eigenvalue weighted by Crippen LogP contribution is -2.37.